The molecule has 6 heteroatoms. The minimum absolute atomic E-state index is 0.389. The third kappa shape index (κ3) is 8.31. The molecule has 16 rings (SSSR count). The lowest BCUT2D eigenvalue weighted by molar-refractivity contribution is 0.0680. The Morgan fingerprint density at radius 2 is 0.785 bits per heavy atom. The summed E-state index contributed by atoms with van der Waals surface area (Å²) in [5.74, 6) is -0.399. The molecule has 0 bridgehead atoms. The highest BCUT2D eigenvalue weighted by atomic mass is 35.5. The summed E-state index contributed by atoms with van der Waals surface area (Å²) in [7, 11) is 0. The lowest BCUT2D eigenvalue weighted by atomic mass is 9.32. The van der Waals surface area contributed by atoms with E-state index in [-0.39, 0.29) is 0 Å². The largest absolute Gasteiger partial charge is 0.0877 e. The molecule has 0 spiro atoms. The quantitative estimate of drug-likeness (QED) is 0.0497. The Bertz CT molecular complexity index is 4970. The van der Waals surface area contributed by atoms with Crippen molar-refractivity contribution in [2.24, 2.45) is 0 Å². The fraction of sp³-hybridized carbons (Fsp3) is 0.356. The zero-order valence-corrected chi connectivity index (χ0v) is 59.4. The molecular formula is C87H82Cl6. The van der Waals surface area contributed by atoms with E-state index in [1.165, 1.54) is 116 Å². The standard InChI is InChI=1S/C87H82Cl6/c1-7-13-31-58-59(32-14-8-2)76-72-68-67(58)61(33-15-9-3)79(88)73-69(68)70-71-75(84(93)83(92)74(70)82(91)81(73)90)80(89)77(60-40-25-37-55-52-34-22-19-28-49(52)46-62(55)60)86(78(71)72,44-17-11-5)87(45-18-12-6,66-42-27-39-57-54-36-24-21-30-51(54)48-64(57)66)85(76,43-16-10-4)65-41-26-38-56-53-35-23-20-29-50(53)47-63(56)65/h19-30,34-42,77H,7-18,31-33,43-48H2,1-6H3. The summed E-state index contributed by atoms with van der Waals surface area (Å²) in [5.41, 5.74) is 25.8. The Morgan fingerprint density at radius 1 is 0.344 bits per heavy atom. The highest BCUT2D eigenvalue weighted by Crippen LogP contribution is 2.78. The maximum atomic E-state index is 9.32. The summed E-state index contributed by atoms with van der Waals surface area (Å²) < 4.78 is 0. The lowest BCUT2D eigenvalue weighted by Crippen LogP contribution is -2.68. The van der Waals surface area contributed by atoms with Crippen LogP contribution in [0.3, 0.4) is 0 Å². The van der Waals surface area contributed by atoms with Gasteiger partial charge in [0.1, 0.15) is 0 Å². The van der Waals surface area contributed by atoms with Crippen molar-refractivity contribution in [1.82, 2.24) is 0 Å². The van der Waals surface area contributed by atoms with E-state index in [1.54, 1.807) is 11.1 Å². The van der Waals surface area contributed by atoms with Crippen LogP contribution in [0.2, 0.25) is 25.1 Å². The predicted molar refractivity (Wildman–Crippen MR) is 403 cm³/mol. The lowest BCUT2D eigenvalue weighted by Gasteiger charge is -2.69. The number of unbranched alkanes of at least 4 members (excludes halogenated alkanes) is 6. The van der Waals surface area contributed by atoms with Crippen LogP contribution in [0.1, 0.15) is 222 Å². The molecule has 0 aromatic heterocycles. The molecule has 0 saturated carbocycles. The maximum Gasteiger partial charge on any atom is 0.0693 e. The van der Waals surface area contributed by atoms with Crippen LogP contribution in [-0.2, 0) is 54.8 Å². The van der Waals surface area contributed by atoms with Crippen molar-refractivity contribution in [1.29, 1.82) is 0 Å². The molecule has 5 aliphatic carbocycles. The number of benzene rings is 11. The molecule has 0 fully saturated rings. The number of hydrogen-bond acceptors (Lipinski definition) is 0. The van der Waals surface area contributed by atoms with E-state index in [1.807, 2.05) is 0 Å². The molecule has 0 heterocycles. The second-order valence-electron chi connectivity index (χ2n) is 28.4. The molecule has 0 nitrogen and oxygen atoms in total. The second kappa shape index (κ2) is 23.9. The van der Waals surface area contributed by atoms with Gasteiger partial charge in [-0.1, -0.05) is 296 Å². The van der Waals surface area contributed by atoms with Crippen LogP contribution in [0.4, 0.5) is 0 Å². The van der Waals surface area contributed by atoms with Gasteiger partial charge in [0.25, 0.3) is 0 Å². The minimum Gasteiger partial charge on any atom is -0.0877 e. The van der Waals surface area contributed by atoms with Gasteiger partial charge in [-0.25, -0.2) is 0 Å². The first-order valence-electron chi connectivity index (χ1n) is 35.4. The summed E-state index contributed by atoms with van der Waals surface area (Å²) in [6.07, 6.45) is 20.2. The highest BCUT2D eigenvalue weighted by Gasteiger charge is 2.73. The molecule has 0 saturated heterocycles. The number of aryl methyl sites for hydroxylation is 2. The van der Waals surface area contributed by atoms with Gasteiger partial charge in [0.2, 0.25) is 0 Å². The van der Waals surface area contributed by atoms with Crippen LogP contribution in [0.15, 0.2) is 127 Å². The zero-order chi connectivity index (χ0) is 64.0. The SMILES string of the molecule is CCCCc1c(CCCC)c2c(CCCC)c(Cl)c3c(Cl)c(Cl)c4c(Cl)c(Cl)c5c6c7c(c1C(CCCC)(c1cccc8c1Cc1ccccc1-8)C(CCCC)(c1cccc8c1Cc1ccccc1-8)C7(CCCC)C(c1cccc7c1Cc1ccccc1-7)C=5Cl)c2c3c46. The maximum absolute atomic E-state index is 9.32. The van der Waals surface area contributed by atoms with Gasteiger partial charge in [-0.15, -0.1) is 0 Å². The van der Waals surface area contributed by atoms with E-state index in [0.717, 1.165) is 167 Å². The first-order valence-corrected chi connectivity index (χ1v) is 37.7. The van der Waals surface area contributed by atoms with Crippen molar-refractivity contribution in [3.05, 3.63) is 236 Å². The van der Waals surface area contributed by atoms with E-state index in [2.05, 4.69) is 169 Å². The second-order valence-corrected chi connectivity index (χ2v) is 30.7. The van der Waals surface area contributed by atoms with Gasteiger partial charge in [0.05, 0.1) is 25.1 Å². The van der Waals surface area contributed by atoms with Gasteiger partial charge in [0, 0.05) is 54.0 Å². The first-order chi connectivity index (χ1) is 45.5. The molecule has 0 N–H and O–H groups in total. The summed E-state index contributed by atoms with van der Waals surface area (Å²) in [5, 5.41) is 12.7. The Hall–Kier alpha value is -5.54. The normalized spacial score (nSPS) is 19.6. The summed E-state index contributed by atoms with van der Waals surface area (Å²) in [6, 6.07) is 50.3. The summed E-state index contributed by atoms with van der Waals surface area (Å²) >= 11 is 50.5. The molecule has 0 aliphatic heterocycles. The van der Waals surface area contributed by atoms with E-state index in [9.17, 15) is 11.6 Å². The Balaban J connectivity index is 1.29. The Labute approximate surface area is 580 Å². The minimum atomic E-state index is -0.797. The molecule has 93 heavy (non-hydrogen) atoms. The molecule has 472 valence electrons. The number of fused-ring (bicyclic) bond motifs is 9. The van der Waals surface area contributed by atoms with Crippen molar-refractivity contribution in [2.45, 2.75) is 199 Å². The number of halogens is 6. The third-order valence-electron chi connectivity index (χ3n) is 24.0. The van der Waals surface area contributed by atoms with Gasteiger partial charge in [-0.3, -0.25) is 0 Å². The van der Waals surface area contributed by atoms with Crippen LogP contribution >= 0.6 is 69.6 Å². The molecular weight excluding hydrogens is 1260 g/mol. The van der Waals surface area contributed by atoms with Crippen molar-refractivity contribution in [2.75, 3.05) is 0 Å². The zero-order valence-electron chi connectivity index (χ0n) is 54.8. The first kappa shape index (κ1) is 62.3. The predicted octanol–water partition coefficient (Wildman–Crippen LogP) is 26.7. The van der Waals surface area contributed by atoms with Crippen molar-refractivity contribution >= 4 is 118 Å². The molecule has 4 atom stereocenters. The van der Waals surface area contributed by atoms with Gasteiger partial charge in [-0.05, 0) is 210 Å². The Kier molecular flexibility index (Phi) is 16.0. The Morgan fingerprint density at radius 3 is 1.38 bits per heavy atom. The summed E-state index contributed by atoms with van der Waals surface area (Å²) in [4.78, 5) is 0. The van der Waals surface area contributed by atoms with E-state index in [4.69, 9.17) is 58.0 Å². The molecule has 0 amide bonds. The van der Waals surface area contributed by atoms with Crippen LogP contribution in [0.25, 0.3) is 81.5 Å². The average molecular weight is 1340 g/mol. The fourth-order valence-corrected chi connectivity index (χ4v) is 22.8. The van der Waals surface area contributed by atoms with Crippen LogP contribution in [0.5, 0.6) is 0 Å². The van der Waals surface area contributed by atoms with Gasteiger partial charge >= 0.3 is 0 Å². The monoisotopic (exact) mass is 1340 g/mol. The molecule has 11 aromatic carbocycles. The van der Waals surface area contributed by atoms with E-state index >= 15 is 0 Å². The fourth-order valence-electron chi connectivity index (χ4n) is 20.6. The highest BCUT2D eigenvalue weighted by molar-refractivity contribution is 6.59. The van der Waals surface area contributed by atoms with Crippen LogP contribution in [-0.4, -0.2) is 0 Å². The van der Waals surface area contributed by atoms with Crippen molar-refractivity contribution < 1.29 is 0 Å². The van der Waals surface area contributed by atoms with Gasteiger partial charge in [0.15, 0.2) is 0 Å². The molecule has 0 radical (unpaired) electrons. The average Bonchev–Trinajstić information content (AvgIpc) is 0.748. The van der Waals surface area contributed by atoms with Crippen molar-refractivity contribution in [3.63, 3.8) is 0 Å². The number of hydrogen-bond donors (Lipinski definition) is 0. The smallest absolute Gasteiger partial charge is 0.0693 e. The molecule has 11 aromatic rings. The summed E-state index contributed by atoms with van der Waals surface area (Å²) in [6.45, 7) is 14.4. The van der Waals surface area contributed by atoms with Gasteiger partial charge < -0.3 is 0 Å². The number of rotatable bonds is 21. The van der Waals surface area contributed by atoms with E-state index in [0.29, 0.717) is 30.5 Å². The topological polar surface area (TPSA) is 0 Å². The van der Waals surface area contributed by atoms with E-state index < -0.39 is 22.2 Å². The van der Waals surface area contributed by atoms with Gasteiger partial charge in [-0.2, -0.15) is 0 Å². The molecule has 5 aliphatic rings. The molecule has 4 unspecified atom stereocenters. The van der Waals surface area contributed by atoms with Crippen molar-refractivity contribution in [3.8, 4) is 33.4 Å². The van der Waals surface area contributed by atoms with Crippen LogP contribution in [0, 0.1) is 0 Å². The third-order valence-corrected chi connectivity index (χ3v) is 26.5. The van der Waals surface area contributed by atoms with Crippen LogP contribution < -0.4 is 5.22 Å².